The summed E-state index contributed by atoms with van der Waals surface area (Å²) < 4.78 is 0. The number of hydrogen-bond donors (Lipinski definition) is 3. The number of aromatic amines is 1. The maximum atomic E-state index is 12.7. The minimum atomic E-state index is -0.461. The van der Waals surface area contributed by atoms with E-state index < -0.39 is 5.25 Å². The molecule has 3 heterocycles. The van der Waals surface area contributed by atoms with E-state index in [1.807, 2.05) is 48.0 Å². The monoisotopic (exact) mass is 499 g/mol. The van der Waals surface area contributed by atoms with Crippen molar-refractivity contribution in [1.29, 1.82) is 0 Å². The van der Waals surface area contributed by atoms with Gasteiger partial charge in [0.05, 0.1) is 22.8 Å². The number of carbonyl (C=O) groups excluding carboxylic acids is 2. The first-order chi connectivity index (χ1) is 15.9. The van der Waals surface area contributed by atoms with E-state index in [0.717, 1.165) is 16.8 Å². The molecule has 2 amide bonds. The second-order valence-corrected chi connectivity index (χ2v) is 10.4. The number of thiophene rings is 1. The Kier molecular flexibility index (Phi) is 7.21. The van der Waals surface area contributed by atoms with Crippen LogP contribution in [0.15, 0.2) is 45.9 Å². The quantitative estimate of drug-likeness (QED) is 0.336. The number of carbonyl (C=O) groups is 2. The molecular formula is C22H21N5O3S3. The minimum absolute atomic E-state index is 0.108. The van der Waals surface area contributed by atoms with E-state index in [-0.39, 0.29) is 23.8 Å². The first-order valence-corrected chi connectivity index (χ1v) is 12.9. The van der Waals surface area contributed by atoms with Crippen molar-refractivity contribution in [1.82, 2.24) is 25.8 Å². The van der Waals surface area contributed by atoms with E-state index in [0.29, 0.717) is 26.8 Å². The van der Waals surface area contributed by atoms with Gasteiger partial charge in [0.15, 0.2) is 0 Å². The Morgan fingerprint density at radius 3 is 2.64 bits per heavy atom. The first-order valence-electron chi connectivity index (χ1n) is 10.1. The number of thioether (sulfide) groups is 1. The second-order valence-electron chi connectivity index (χ2n) is 7.26. The van der Waals surface area contributed by atoms with Crippen molar-refractivity contribution in [3.05, 3.63) is 68.0 Å². The molecule has 4 rings (SSSR count). The topological polar surface area (TPSA) is 117 Å². The summed E-state index contributed by atoms with van der Waals surface area (Å²) in [5.41, 5.74) is 7.34. The van der Waals surface area contributed by atoms with E-state index in [4.69, 9.17) is 0 Å². The van der Waals surface area contributed by atoms with Gasteiger partial charge in [-0.3, -0.25) is 25.2 Å². The van der Waals surface area contributed by atoms with Gasteiger partial charge in [0.1, 0.15) is 15.7 Å². The normalized spacial score (nSPS) is 11.9. The zero-order chi connectivity index (χ0) is 23.4. The number of benzene rings is 1. The minimum Gasteiger partial charge on any atom is -0.309 e. The summed E-state index contributed by atoms with van der Waals surface area (Å²) in [5, 5.41) is 4.61. The number of hydrogen-bond acceptors (Lipinski definition) is 8. The number of nitrogens with one attached hydrogen (secondary N) is 3. The lowest BCUT2D eigenvalue weighted by Gasteiger charge is -2.12. The number of fused-ring (bicyclic) bond motifs is 1. The van der Waals surface area contributed by atoms with Gasteiger partial charge in [0, 0.05) is 22.0 Å². The van der Waals surface area contributed by atoms with Gasteiger partial charge in [-0.25, -0.2) is 9.97 Å². The molecule has 11 heteroatoms. The standard InChI is InChI=1S/C22H21N5O3S3/c1-12-9-32-18(23-12)8-17(28)26-27-20(29)13(2)31-11-16-24-21(30)19-15(10-33-22(19)25-16)14-6-4-3-5-7-14/h3-7,9-10,13H,8,11H2,1-2H3,(H,26,28)(H,27,29)(H,24,25,30)/t13-/m0/s1. The number of aryl methyl sites for hydroxylation is 1. The molecule has 0 spiro atoms. The summed E-state index contributed by atoms with van der Waals surface area (Å²) in [6, 6.07) is 9.71. The predicted molar refractivity (Wildman–Crippen MR) is 133 cm³/mol. The van der Waals surface area contributed by atoms with Crippen LogP contribution < -0.4 is 16.4 Å². The number of thiazole rings is 1. The average molecular weight is 500 g/mol. The molecule has 0 aliphatic carbocycles. The van der Waals surface area contributed by atoms with E-state index in [1.54, 1.807) is 6.92 Å². The van der Waals surface area contributed by atoms with Crippen LogP contribution in [0.1, 0.15) is 23.4 Å². The smallest absolute Gasteiger partial charge is 0.260 e. The average Bonchev–Trinajstić information content (AvgIpc) is 3.42. The number of hydrazine groups is 1. The largest absolute Gasteiger partial charge is 0.309 e. The molecule has 0 saturated carbocycles. The fraction of sp³-hybridized carbons (Fsp3) is 0.227. The van der Waals surface area contributed by atoms with Gasteiger partial charge in [-0.1, -0.05) is 30.3 Å². The fourth-order valence-corrected chi connectivity index (χ4v) is 5.56. The number of H-pyrrole nitrogens is 1. The van der Waals surface area contributed by atoms with Crippen LogP contribution in [0.3, 0.4) is 0 Å². The van der Waals surface area contributed by atoms with E-state index in [1.165, 1.54) is 34.4 Å². The molecule has 0 unspecified atom stereocenters. The van der Waals surface area contributed by atoms with E-state index in [2.05, 4.69) is 25.8 Å². The summed E-state index contributed by atoms with van der Waals surface area (Å²) in [4.78, 5) is 49.3. The highest BCUT2D eigenvalue weighted by Gasteiger charge is 2.17. The summed E-state index contributed by atoms with van der Waals surface area (Å²) in [7, 11) is 0. The second kappa shape index (κ2) is 10.3. The zero-order valence-electron chi connectivity index (χ0n) is 17.9. The molecule has 0 aliphatic rings. The molecular weight excluding hydrogens is 478 g/mol. The Hall–Kier alpha value is -3.02. The Labute approximate surface area is 201 Å². The number of aromatic nitrogens is 3. The van der Waals surface area contributed by atoms with Crippen LogP contribution in [0, 0.1) is 6.92 Å². The Bertz CT molecular complexity index is 1350. The van der Waals surface area contributed by atoms with Crippen LogP contribution in [0.2, 0.25) is 0 Å². The molecule has 0 bridgehead atoms. The third-order valence-electron chi connectivity index (χ3n) is 4.72. The lowest BCUT2D eigenvalue weighted by molar-refractivity contribution is -0.128. The maximum absolute atomic E-state index is 12.7. The SMILES string of the molecule is Cc1csc(CC(=O)NNC(=O)[C@H](C)SCc2nc3scc(-c4ccccc4)c3c(=O)[nH]2)n1. The van der Waals surface area contributed by atoms with Gasteiger partial charge in [-0.15, -0.1) is 34.4 Å². The van der Waals surface area contributed by atoms with Crippen molar-refractivity contribution in [2.75, 3.05) is 0 Å². The van der Waals surface area contributed by atoms with Crippen LogP contribution >= 0.6 is 34.4 Å². The van der Waals surface area contributed by atoms with Crippen molar-refractivity contribution < 1.29 is 9.59 Å². The maximum Gasteiger partial charge on any atom is 0.260 e. The summed E-state index contributed by atoms with van der Waals surface area (Å²) >= 11 is 4.14. The van der Waals surface area contributed by atoms with Gasteiger partial charge in [-0.2, -0.15) is 0 Å². The Morgan fingerprint density at radius 2 is 1.91 bits per heavy atom. The Balaban J connectivity index is 1.33. The number of nitrogens with zero attached hydrogens (tertiary/aromatic N) is 2. The van der Waals surface area contributed by atoms with Crippen LogP contribution in [-0.2, 0) is 21.8 Å². The highest BCUT2D eigenvalue weighted by atomic mass is 32.2. The van der Waals surface area contributed by atoms with E-state index in [9.17, 15) is 14.4 Å². The van der Waals surface area contributed by atoms with Crippen LogP contribution in [-0.4, -0.2) is 32.0 Å². The molecule has 3 N–H and O–H groups in total. The lowest BCUT2D eigenvalue weighted by atomic mass is 10.1. The molecule has 8 nitrogen and oxygen atoms in total. The predicted octanol–water partition coefficient (Wildman–Crippen LogP) is 3.43. The van der Waals surface area contributed by atoms with Gasteiger partial charge >= 0.3 is 0 Å². The summed E-state index contributed by atoms with van der Waals surface area (Å²) in [6.45, 7) is 3.59. The third kappa shape index (κ3) is 5.67. The van der Waals surface area contributed by atoms with Crippen molar-refractivity contribution in [2.45, 2.75) is 31.3 Å². The first kappa shape index (κ1) is 23.1. The Morgan fingerprint density at radius 1 is 1.12 bits per heavy atom. The zero-order valence-corrected chi connectivity index (χ0v) is 20.3. The molecule has 0 radical (unpaired) electrons. The molecule has 3 aromatic heterocycles. The lowest BCUT2D eigenvalue weighted by Crippen LogP contribution is -2.45. The molecule has 1 atom stereocenters. The molecule has 1 aromatic carbocycles. The van der Waals surface area contributed by atoms with Crippen LogP contribution in [0.4, 0.5) is 0 Å². The third-order valence-corrected chi connectivity index (χ3v) is 7.71. The van der Waals surface area contributed by atoms with Gasteiger partial charge in [-0.05, 0) is 19.4 Å². The molecule has 170 valence electrons. The molecule has 0 fully saturated rings. The number of amides is 2. The van der Waals surface area contributed by atoms with Crippen molar-refractivity contribution in [3.8, 4) is 11.1 Å². The number of rotatable bonds is 7. The molecule has 33 heavy (non-hydrogen) atoms. The van der Waals surface area contributed by atoms with Crippen LogP contribution in [0.25, 0.3) is 21.3 Å². The van der Waals surface area contributed by atoms with Gasteiger partial charge in [0.25, 0.3) is 11.5 Å². The highest BCUT2D eigenvalue weighted by Crippen LogP contribution is 2.30. The fourth-order valence-electron chi connectivity index (χ4n) is 3.07. The van der Waals surface area contributed by atoms with Crippen molar-refractivity contribution in [3.63, 3.8) is 0 Å². The molecule has 0 aliphatic heterocycles. The summed E-state index contributed by atoms with van der Waals surface area (Å²) in [6.07, 6.45) is 0.108. The van der Waals surface area contributed by atoms with E-state index >= 15 is 0 Å². The van der Waals surface area contributed by atoms with Gasteiger partial charge in [0.2, 0.25) is 5.91 Å². The molecule has 4 aromatic rings. The summed E-state index contributed by atoms with van der Waals surface area (Å²) in [5.74, 6) is 0.180. The van der Waals surface area contributed by atoms with Crippen molar-refractivity contribution in [2.24, 2.45) is 0 Å². The highest BCUT2D eigenvalue weighted by molar-refractivity contribution is 7.99. The van der Waals surface area contributed by atoms with Crippen LogP contribution in [0.5, 0.6) is 0 Å². The molecule has 0 saturated heterocycles. The van der Waals surface area contributed by atoms with Gasteiger partial charge < -0.3 is 4.98 Å². The van der Waals surface area contributed by atoms with Crippen molar-refractivity contribution >= 4 is 56.5 Å².